The molecule has 9 heteroatoms. The van der Waals surface area contributed by atoms with E-state index in [1.807, 2.05) is 36.8 Å². The van der Waals surface area contributed by atoms with Crippen LogP contribution in [0.1, 0.15) is 35.2 Å². The number of carbonyl (C=O) groups excluding carboxylic acids is 1. The molecule has 3 heterocycles. The Hall–Kier alpha value is -2.52. The van der Waals surface area contributed by atoms with E-state index in [1.54, 1.807) is 18.5 Å². The molecule has 2 aromatic heterocycles. The third-order valence-electron chi connectivity index (χ3n) is 5.54. The van der Waals surface area contributed by atoms with Crippen LogP contribution < -0.4 is 10.2 Å². The lowest BCUT2D eigenvalue weighted by Crippen LogP contribution is -2.35. The highest BCUT2D eigenvalue weighted by Gasteiger charge is 2.33. The number of anilines is 2. The number of halogens is 2. The number of amides is 1. The standard InChI is InChI=1S/C23H24F2N4OS2/c1-15-18(21-27-10-12-32-21)14-28-20-19(15)22(30)29(16-5-3-6-17(13-16)31-2)11-8-23(24,25)7-4-9-26-20/h3,5-6,10,12-14H,4,7-9,11H2,1-2H3,(H,26,28). The molecule has 1 aliphatic heterocycles. The number of rotatable bonds is 3. The zero-order valence-electron chi connectivity index (χ0n) is 17.9. The number of carbonyl (C=O) groups is 1. The number of fused-ring (bicyclic) bond motifs is 1. The number of benzene rings is 1. The van der Waals surface area contributed by atoms with Crippen molar-refractivity contribution in [2.45, 2.75) is 37.0 Å². The van der Waals surface area contributed by atoms with Crippen LogP contribution in [-0.4, -0.2) is 41.1 Å². The van der Waals surface area contributed by atoms with Crippen LogP contribution >= 0.6 is 23.1 Å². The number of hydrogen-bond acceptors (Lipinski definition) is 6. The van der Waals surface area contributed by atoms with Gasteiger partial charge in [-0.3, -0.25) is 4.79 Å². The highest BCUT2D eigenvalue weighted by molar-refractivity contribution is 7.98. The van der Waals surface area contributed by atoms with Crippen LogP contribution in [0.15, 0.2) is 46.9 Å². The van der Waals surface area contributed by atoms with Gasteiger partial charge in [0.2, 0.25) is 5.92 Å². The number of thiazole rings is 1. The van der Waals surface area contributed by atoms with E-state index in [2.05, 4.69) is 15.3 Å². The van der Waals surface area contributed by atoms with Gasteiger partial charge in [0, 0.05) is 59.9 Å². The van der Waals surface area contributed by atoms with Gasteiger partial charge in [-0.15, -0.1) is 23.1 Å². The Morgan fingerprint density at radius 2 is 2.09 bits per heavy atom. The van der Waals surface area contributed by atoms with Crippen LogP contribution in [0.2, 0.25) is 0 Å². The van der Waals surface area contributed by atoms with Crippen molar-refractivity contribution in [3.63, 3.8) is 0 Å². The number of pyridine rings is 1. The summed E-state index contributed by atoms with van der Waals surface area (Å²) in [7, 11) is 0. The molecule has 0 unspecified atom stereocenters. The summed E-state index contributed by atoms with van der Waals surface area (Å²) in [6, 6.07) is 7.42. The van der Waals surface area contributed by atoms with Crippen molar-refractivity contribution in [2.75, 3.05) is 29.6 Å². The Labute approximate surface area is 194 Å². The molecule has 3 aromatic rings. The van der Waals surface area contributed by atoms with E-state index in [1.165, 1.54) is 28.0 Å². The van der Waals surface area contributed by atoms with Crippen molar-refractivity contribution in [1.29, 1.82) is 0 Å². The number of hydrogen-bond donors (Lipinski definition) is 1. The Morgan fingerprint density at radius 1 is 1.25 bits per heavy atom. The third kappa shape index (κ3) is 4.78. The maximum atomic E-state index is 14.5. The molecule has 5 nitrogen and oxygen atoms in total. The maximum Gasteiger partial charge on any atom is 0.262 e. The Bertz CT molecular complexity index is 1110. The second kappa shape index (κ2) is 9.54. The number of nitrogens with zero attached hydrogens (tertiary/aromatic N) is 3. The molecule has 1 aromatic carbocycles. The molecule has 0 bridgehead atoms. The SMILES string of the molecule is CSc1cccc(N2CCC(F)(F)CCCNc3ncc(-c4nccs4)c(C)c3C2=O)c1. The predicted molar refractivity (Wildman–Crippen MR) is 127 cm³/mol. The molecule has 0 saturated heterocycles. The summed E-state index contributed by atoms with van der Waals surface area (Å²) in [5.74, 6) is -2.77. The van der Waals surface area contributed by atoms with Crippen LogP contribution in [0.4, 0.5) is 20.3 Å². The fourth-order valence-electron chi connectivity index (χ4n) is 3.79. The minimum Gasteiger partial charge on any atom is -0.369 e. The zero-order valence-corrected chi connectivity index (χ0v) is 19.5. The monoisotopic (exact) mass is 474 g/mol. The van der Waals surface area contributed by atoms with Gasteiger partial charge in [0.1, 0.15) is 10.8 Å². The largest absolute Gasteiger partial charge is 0.369 e. The molecule has 0 atom stereocenters. The van der Waals surface area contributed by atoms with Gasteiger partial charge in [-0.1, -0.05) is 6.07 Å². The summed E-state index contributed by atoms with van der Waals surface area (Å²) in [5.41, 5.74) is 2.51. The van der Waals surface area contributed by atoms with Crippen molar-refractivity contribution in [3.05, 3.63) is 53.2 Å². The molecule has 32 heavy (non-hydrogen) atoms. The molecule has 0 fully saturated rings. The first-order chi connectivity index (χ1) is 15.4. The van der Waals surface area contributed by atoms with Crippen molar-refractivity contribution in [2.24, 2.45) is 0 Å². The normalized spacial score (nSPS) is 16.8. The van der Waals surface area contributed by atoms with E-state index in [0.717, 1.165) is 21.0 Å². The zero-order chi connectivity index (χ0) is 22.7. The summed E-state index contributed by atoms with van der Waals surface area (Å²) in [6.07, 6.45) is 5.00. The number of thioether (sulfide) groups is 1. The molecule has 168 valence electrons. The molecule has 1 N–H and O–H groups in total. The molecule has 0 spiro atoms. The summed E-state index contributed by atoms with van der Waals surface area (Å²) >= 11 is 3.01. The Kier molecular flexibility index (Phi) is 6.76. The fraction of sp³-hybridized carbons (Fsp3) is 0.348. The van der Waals surface area contributed by atoms with Gasteiger partial charge in [0.25, 0.3) is 5.91 Å². The van der Waals surface area contributed by atoms with Crippen molar-refractivity contribution < 1.29 is 13.6 Å². The highest BCUT2D eigenvalue weighted by atomic mass is 32.2. The van der Waals surface area contributed by atoms with E-state index < -0.39 is 12.3 Å². The number of aromatic nitrogens is 2. The molecule has 0 aliphatic carbocycles. The van der Waals surface area contributed by atoms with Crippen LogP contribution in [0.5, 0.6) is 0 Å². The first-order valence-corrected chi connectivity index (χ1v) is 12.5. The van der Waals surface area contributed by atoms with Gasteiger partial charge in [-0.05, 0) is 43.4 Å². The van der Waals surface area contributed by atoms with Crippen LogP contribution in [0, 0.1) is 6.92 Å². The first kappa shape index (κ1) is 22.7. The van der Waals surface area contributed by atoms with E-state index >= 15 is 0 Å². The van der Waals surface area contributed by atoms with Gasteiger partial charge < -0.3 is 10.2 Å². The van der Waals surface area contributed by atoms with Gasteiger partial charge in [-0.2, -0.15) is 0 Å². The van der Waals surface area contributed by atoms with Gasteiger partial charge in [0.05, 0.1) is 5.56 Å². The second-order valence-electron chi connectivity index (χ2n) is 7.65. The fourth-order valence-corrected chi connectivity index (χ4v) is 4.94. The molecule has 1 amide bonds. The average Bonchev–Trinajstić information content (AvgIpc) is 3.30. The summed E-state index contributed by atoms with van der Waals surface area (Å²) in [6.45, 7) is 2.10. The molecule has 1 aliphatic rings. The molecule has 4 rings (SSSR count). The van der Waals surface area contributed by atoms with Crippen molar-refractivity contribution in [3.8, 4) is 10.6 Å². The maximum absolute atomic E-state index is 14.5. The second-order valence-corrected chi connectivity index (χ2v) is 9.43. The topological polar surface area (TPSA) is 58.1 Å². The molecule has 0 saturated carbocycles. The number of nitrogens with one attached hydrogen (secondary N) is 1. The lowest BCUT2D eigenvalue weighted by molar-refractivity contribution is -0.0147. The van der Waals surface area contributed by atoms with E-state index in [9.17, 15) is 13.6 Å². The van der Waals surface area contributed by atoms with Gasteiger partial charge in [0.15, 0.2) is 0 Å². The predicted octanol–water partition coefficient (Wildman–Crippen LogP) is 6.11. The molecular weight excluding hydrogens is 450 g/mol. The van der Waals surface area contributed by atoms with Gasteiger partial charge >= 0.3 is 0 Å². The molecule has 0 radical (unpaired) electrons. The average molecular weight is 475 g/mol. The Balaban J connectivity index is 1.85. The lowest BCUT2D eigenvalue weighted by Gasteiger charge is -2.27. The highest BCUT2D eigenvalue weighted by Crippen LogP contribution is 2.34. The van der Waals surface area contributed by atoms with Crippen molar-refractivity contribution >= 4 is 40.5 Å². The minimum absolute atomic E-state index is 0.0793. The van der Waals surface area contributed by atoms with Crippen LogP contribution in [-0.2, 0) is 0 Å². The van der Waals surface area contributed by atoms with E-state index in [4.69, 9.17) is 0 Å². The van der Waals surface area contributed by atoms with Crippen LogP contribution in [0.3, 0.4) is 0 Å². The first-order valence-electron chi connectivity index (χ1n) is 10.4. The summed E-state index contributed by atoms with van der Waals surface area (Å²) < 4.78 is 29.0. The molecular formula is C23H24F2N4OS2. The van der Waals surface area contributed by atoms with E-state index in [-0.39, 0.29) is 25.3 Å². The quantitative estimate of drug-likeness (QED) is 0.464. The van der Waals surface area contributed by atoms with Crippen molar-refractivity contribution in [1.82, 2.24) is 9.97 Å². The minimum atomic E-state index is -2.84. The Morgan fingerprint density at radius 3 is 2.84 bits per heavy atom. The summed E-state index contributed by atoms with van der Waals surface area (Å²) in [5, 5.41) is 5.76. The lowest BCUT2D eigenvalue weighted by atomic mass is 10.0. The van der Waals surface area contributed by atoms with E-state index in [0.29, 0.717) is 23.6 Å². The van der Waals surface area contributed by atoms with Crippen LogP contribution in [0.25, 0.3) is 10.6 Å². The number of alkyl halides is 2. The third-order valence-corrected chi connectivity index (χ3v) is 7.07. The van der Waals surface area contributed by atoms with Gasteiger partial charge in [-0.25, -0.2) is 18.7 Å². The summed E-state index contributed by atoms with van der Waals surface area (Å²) in [4.78, 5) is 25.2. The smallest absolute Gasteiger partial charge is 0.262 e.